The van der Waals surface area contributed by atoms with Crippen molar-refractivity contribution < 1.29 is 28.2 Å². The molecule has 0 saturated carbocycles. The highest BCUT2D eigenvalue weighted by Crippen LogP contribution is 2.39. The molecule has 250 valence electrons. The summed E-state index contributed by atoms with van der Waals surface area (Å²) in [5, 5.41) is 0.152. The molecule has 0 aliphatic carbocycles. The van der Waals surface area contributed by atoms with Crippen molar-refractivity contribution in [3.8, 4) is 0 Å². The number of hydrogen-bond acceptors (Lipinski definition) is 6. The predicted octanol–water partition coefficient (Wildman–Crippen LogP) is 8.93. The Morgan fingerprint density at radius 3 is 1.91 bits per heavy atom. The van der Waals surface area contributed by atoms with Crippen LogP contribution in [0.4, 0.5) is 0 Å². The molecule has 0 bridgehead atoms. The average molecular weight is 623 g/mol. The van der Waals surface area contributed by atoms with E-state index in [2.05, 4.69) is 80.6 Å². The molecule has 1 aromatic carbocycles. The Kier molecular flexibility index (Phi) is 17.3. The summed E-state index contributed by atoms with van der Waals surface area (Å²) in [6.45, 7) is 27.4. The summed E-state index contributed by atoms with van der Waals surface area (Å²) in [7, 11) is 1.63. The second-order valence-corrected chi connectivity index (χ2v) is 19.6. The number of carbonyl (C=O) groups is 1. The number of esters is 1. The summed E-state index contributed by atoms with van der Waals surface area (Å²) in [5.41, 5.74) is 1.15. The van der Waals surface area contributed by atoms with Crippen molar-refractivity contribution in [2.45, 2.75) is 138 Å². The fourth-order valence-corrected chi connectivity index (χ4v) is 6.82. The van der Waals surface area contributed by atoms with Crippen LogP contribution < -0.4 is 0 Å². The number of rotatable bonds is 20. The Balaban J connectivity index is 2.97. The number of hydrogen-bond donors (Lipinski definition) is 0. The molecular weight excluding hydrogens is 556 g/mol. The zero-order chi connectivity index (χ0) is 33.0. The van der Waals surface area contributed by atoms with Crippen LogP contribution in [0, 0.1) is 29.6 Å². The lowest BCUT2D eigenvalue weighted by Crippen LogP contribution is -2.46. The molecule has 0 spiro atoms. The summed E-state index contributed by atoms with van der Waals surface area (Å²) < 4.78 is 31.2. The van der Waals surface area contributed by atoms with Crippen LogP contribution in [0.2, 0.25) is 18.1 Å². The molecular formula is C36H66O6Si. The maximum Gasteiger partial charge on any atom is 0.308 e. The van der Waals surface area contributed by atoms with Gasteiger partial charge in [0.05, 0.1) is 31.3 Å². The highest BCUT2D eigenvalue weighted by molar-refractivity contribution is 6.74. The number of ether oxygens (including phenoxy) is 4. The van der Waals surface area contributed by atoms with Crippen molar-refractivity contribution >= 4 is 14.3 Å². The highest BCUT2D eigenvalue weighted by Gasteiger charge is 2.41. The molecule has 0 N–H and O–H groups in total. The Bertz CT molecular complexity index is 897. The van der Waals surface area contributed by atoms with Crippen molar-refractivity contribution in [1.82, 2.24) is 0 Å². The molecule has 0 aromatic heterocycles. The van der Waals surface area contributed by atoms with Gasteiger partial charge in [0.2, 0.25) is 0 Å². The van der Waals surface area contributed by atoms with E-state index in [0.717, 1.165) is 24.8 Å². The molecule has 7 heteroatoms. The van der Waals surface area contributed by atoms with Gasteiger partial charge < -0.3 is 23.4 Å². The third-order valence-electron chi connectivity index (χ3n) is 9.47. The van der Waals surface area contributed by atoms with Crippen molar-refractivity contribution in [2.24, 2.45) is 29.6 Å². The van der Waals surface area contributed by atoms with E-state index < -0.39 is 8.32 Å². The van der Waals surface area contributed by atoms with Gasteiger partial charge in [0.25, 0.3) is 0 Å². The second-order valence-electron chi connectivity index (χ2n) is 14.9. The van der Waals surface area contributed by atoms with E-state index in [1.165, 1.54) is 0 Å². The van der Waals surface area contributed by atoms with Gasteiger partial charge in [0.1, 0.15) is 6.10 Å². The molecule has 0 heterocycles. The molecule has 0 fully saturated rings. The quantitative estimate of drug-likeness (QED) is 0.107. The molecule has 7 atom stereocenters. The first-order chi connectivity index (χ1) is 19.9. The Morgan fingerprint density at radius 2 is 1.42 bits per heavy atom. The third-order valence-corrected chi connectivity index (χ3v) is 14.0. The van der Waals surface area contributed by atoms with Crippen LogP contribution in [-0.2, 0) is 34.8 Å². The van der Waals surface area contributed by atoms with Gasteiger partial charge in [-0.15, -0.1) is 0 Å². The lowest BCUT2D eigenvalue weighted by Gasteiger charge is -2.41. The minimum absolute atomic E-state index is 0.00144. The summed E-state index contributed by atoms with van der Waals surface area (Å²) in [6, 6.07) is 10.2. The molecule has 0 radical (unpaired) electrons. The molecule has 0 aliphatic rings. The number of carbonyl (C=O) groups excluding carboxylic acids is 1. The summed E-state index contributed by atoms with van der Waals surface area (Å²) in [5.74, 6) is 0.444. The zero-order valence-corrected chi connectivity index (χ0v) is 31.1. The van der Waals surface area contributed by atoms with Gasteiger partial charge in [0, 0.05) is 32.2 Å². The minimum Gasteiger partial charge on any atom is -0.462 e. The topological polar surface area (TPSA) is 63.2 Å². The standard InChI is InChI=1S/C36H66O6Si/c1-25(2)32(42-43(13,14)36(8,9)10)22-33(38-11)27(5)20-21-31(41-35(37)26(3)4)29(7)34(39-12)28(6)23-40-24-30-18-16-15-17-19-30/h15-19,25-29,31-34H,20-24H2,1-14H3/t27-,28+,29-,31+,32-,33-,34+/m0/s1. The van der Waals surface area contributed by atoms with E-state index in [-0.39, 0.29) is 59.1 Å². The maximum atomic E-state index is 12.8. The van der Waals surface area contributed by atoms with Gasteiger partial charge in [0.15, 0.2) is 8.32 Å². The van der Waals surface area contributed by atoms with E-state index >= 15 is 0 Å². The zero-order valence-electron chi connectivity index (χ0n) is 30.1. The SMILES string of the molecule is CO[C@@H]([C@@H](C)[C@@H](CC[C@H](C)[C@H](C[C@H](O[Si](C)(C)C(C)(C)C)C(C)C)OC)OC(=O)C(C)C)[C@H](C)COCc1ccccc1. The maximum absolute atomic E-state index is 12.8. The molecule has 0 aliphatic heterocycles. The highest BCUT2D eigenvalue weighted by atomic mass is 28.4. The summed E-state index contributed by atoms with van der Waals surface area (Å²) >= 11 is 0. The van der Waals surface area contributed by atoms with Gasteiger partial charge in [-0.1, -0.05) is 99.6 Å². The van der Waals surface area contributed by atoms with Gasteiger partial charge in [-0.05, 0) is 54.8 Å². The predicted molar refractivity (Wildman–Crippen MR) is 181 cm³/mol. The van der Waals surface area contributed by atoms with E-state index in [1.54, 1.807) is 7.11 Å². The van der Waals surface area contributed by atoms with Crippen LogP contribution >= 0.6 is 0 Å². The van der Waals surface area contributed by atoms with Crippen LogP contribution in [0.1, 0.15) is 94.1 Å². The van der Waals surface area contributed by atoms with Gasteiger partial charge >= 0.3 is 5.97 Å². The molecule has 1 aromatic rings. The van der Waals surface area contributed by atoms with E-state index in [9.17, 15) is 4.79 Å². The molecule has 43 heavy (non-hydrogen) atoms. The first-order valence-corrected chi connectivity index (χ1v) is 19.4. The van der Waals surface area contributed by atoms with Crippen molar-refractivity contribution in [3.05, 3.63) is 35.9 Å². The lowest BCUT2D eigenvalue weighted by atomic mass is 9.84. The monoisotopic (exact) mass is 622 g/mol. The van der Waals surface area contributed by atoms with Crippen LogP contribution in [0.15, 0.2) is 30.3 Å². The van der Waals surface area contributed by atoms with Crippen LogP contribution in [0.5, 0.6) is 0 Å². The number of methoxy groups -OCH3 is 2. The summed E-state index contributed by atoms with van der Waals surface area (Å²) in [4.78, 5) is 12.8. The lowest BCUT2D eigenvalue weighted by molar-refractivity contribution is -0.160. The van der Waals surface area contributed by atoms with Crippen LogP contribution in [0.3, 0.4) is 0 Å². The summed E-state index contributed by atoms with van der Waals surface area (Å²) in [6.07, 6.45) is 2.28. The van der Waals surface area contributed by atoms with E-state index in [1.807, 2.05) is 39.2 Å². The second kappa shape index (κ2) is 18.7. The van der Waals surface area contributed by atoms with Crippen LogP contribution in [0.25, 0.3) is 0 Å². The smallest absolute Gasteiger partial charge is 0.308 e. The Morgan fingerprint density at radius 1 is 0.814 bits per heavy atom. The third kappa shape index (κ3) is 13.3. The van der Waals surface area contributed by atoms with E-state index in [4.69, 9.17) is 23.4 Å². The fourth-order valence-electron chi connectivity index (χ4n) is 5.34. The normalized spacial score (nSPS) is 17.8. The van der Waals surface area contributed by atoms with Gasteiger partial charge in [-0.2, -0.15) is 0 Å². The Labute approximate surface area is 266 Å². The molecule has 0 amide bonds. The van der Waals surface area contributed by atoms with Crippen molar-refractivity contribution in [2.75, 3.05) is 20.8 Å². The van der Waals surface area contributed by atoms with Crippen molar-refractivity contribution in [1.29, 1.82) is 0 Å². The molecule has 6 nitrogen and oxygen atoms in total. The van der Waals surface area contributed by atoms with Gasteiger partial charge in [-0.3, -0.25) is 4.79 Å². The van der Waals surface area contributed by atoms with Crippen molar-refractivity contribution in [3.63, 3.8) is 0 Å². The minimum atomic E-state index is -1.92. The molecule has 1 rings (SSSR count). The largest absolute Gasteiger partial charge is 0.462 e. The number of benzene rings is 1. The first kappa shape index (κ1) is 39.8. The van der Waals surface area contributed by atoms with Crippen LogP contribution in [-0.4, -0.2) is 59.5 Å². The molecule has 0 unspecified atom stereocenters. The fraction of sp³-hybridized carbons (Fsp3) is 0.806. The average Bonchev–Trinajstić information content (AvgIpc) is 2.92. The van der Waals surface area contributed by atoms with Gasteiger partial charge in [-0.25, -0.2) is 0 Å². The van der Waals surface area contributed by atoms with E-state index in [0.29, 0.717) is 19.1 Å². The Hall–Kier alpha value is -1.25. The first-order valence-electron chi connectivity index (χ1n) is 16.5. The molecule has 0 saturated heterocycles.